The minimum absolute atomic E-state index is 0.0579. The van der Waals surface area contributed by atoms with Crippen LogP contribution < -0.4 is 9.47 Å². The Morgan fingerprint density at radius 2 is 1.95 bits per heavy atom. The maximum Gasteiger partial charge on any atom is 0.331 e. The van der Waals surface area contributed by atoms with Gasteiger partial charge in [-0.15, -0.1) is 0 Å². The second kappa shape index (κ2) is 4.91. The van der Waals surface area contributed by atoms with Gasteiger partial charge in [-0.2, -0.15) is 0 Å². The summed E-state index contributed by atoms with van der Waals surface area (Å²) in [4.78, 5) is 23.4. The van der Waals surface area contributed by atoms with E-state index < -0.39 is 23.3 Å². The van der Waals surface area contributed by atoms with Crippen molar-refractivity contribution in [3.8, 4) is 11.5 Å². The van der Waals surface area contributed by atoms with E-state index >= 15 is 0 Å². The van der Waals surface area contributed by atoms with Gasteiger partial charge in [-0.3, -0.25) is 4.79 Å². The fraction of sp³-hybridized carbons (Fsp3) is 0.250. The molecule has 114 valence electrons. The first kappa shape index (κ1) is 14.2. The highest BCUT2D eigenvalue weighted by molar-refractivity contribution is 5.94. The first-order valence-corrected chi connectivity index (χ1v) is 6.73. The smallest absolute Gasteiger partial charge is 0.331 e. The molecule has 0 radical (unpaired) electrons. The van der Waals surface area contributed by atoms with Crippen LogP contribution in [0.25, 0.3) is 0 Å². The van der Waals surface area contributed by atoms with Gasteiger partial charge in [0.15, 0.2) is 11.5 Å². The number of hydrogen-bond acceptors (Lipinski definition) is 4. The number of carbonyl (C=O) groups is 2. The average molecular weight is 302 g/mol. The standard InChI is InChI=1S/C16H14O6/c1-9-11(14(17)18)3-2-6-16(9,15(19)20)10-4-5-12-13(7-10)22-8-21-12/h2-7,9H,8H2,1H3,(H,17,18)(H,19,20). The van der Waals surface area contributed by atoms with Gasteiger partial charge in [0.25, 0.3) is 0 Å². The van der Waals surface area contributed by atoms with E-state index in [0.29, 0.717) is 17.1 Å². The van der Waals surface area contributed by atoms with Crippen LogP contribution in [-0.4, -0.2) is 28.9 Å². The van der Waals surface area contributed by atoms with E-state index in [9.17, 15) is 19.8 Å². The molecule has 6 heteroatoms. The van der Waals surface area contributed by atoms with Crippen LogP contribution in [0.5, 0.6) is 11.5 Å². The number of ether oxygens (including phenoxy) is 2. The number of carboxylic acid groups (broad SMARTS) is 2. The summed E-state index contributed by atoms with van der Waals surface area (Å²) in [7, 11) is 0. The van der Waals surface area contributed by atoms with Crippen molar-refractivity contribution in [1.82, 2.24) is 0 Å². The first-order valence-electron chi connectivity index (χ1n) is 6.73. The summed E-state index contributed by atoms with van der Waals surface area (Å²) >= 11 is 0. The van der Waals surface area contributed by atoms with Crippen molar-refractivity contribution in [1.29, 1.82) is 0 Å². The molecule has 0 bridgehead atoms. The zero-order valence-corrected chi connectivity index (χ0v) is 11.8. The summed E-state index contributed by atoms with van der Waals surface area (Å²) in [5, 5.41) is 19.1. The largest absolute Gasteiger partial charge is 0.480 e. The molecule has 6 nitrogen and oxygen atoms in total. The fourth-order valence-electron chi connectivity index (χ4n) is 2.97. The Morgan fingerprint density at radius 1 is 1.23 bits per heavy atom. The lowest BCUT2D eigenvalue weighted by Gasteiger charge is -2.35. The second-order valence-corrected chi connectivity index (χ2v) is 5.25. The molecule has 2 atom stereocenters. The molecule has 1 aromatic carbocycles. The molecule has 0 aromatic heterocycles. The van der Waals surface area contributed by atoms with E-state index in [1.165, 1.54) is 18.2 Å². The minimum atomic E-state index is -1.45. The molecule has 1 aliphatic carbocycles. The van der Waals surface area contributed by atoms with Crippen LogP contribution in [0.4, 0.5) is 0 Å². The van der Waals surface area contributed by atoms with Gasteiger partial charge in [0.05, 0.1) is 0 Å². The molecule has 0 saturated carbocycles. The maximum atomic E-state index is 12.0. The van der Waals surface area contributed by atoms with Gasteiger partial charge in [0.1, 0.15) is 5.41 Å². The Labute approximate surface area is 126 Å². The molecular weight excluding hydrogens is 288 g/mol. The summed E-state index contributed by atoms with van der Waals surface area (Å²) in [5.41, 5.74) is -0.939. The van der Waals surface area contributed by atoms with Crippen molar-refractivity contribution in [2.45, 2.75) is 12.3 Å². The molecule has 2 N–H and O–H groups in total. The zero-order chi connectivity index (χ0) is 15.9. The lowest BCUT2D eigenvalue weighted by molar-refractivity contribution is -0.143. The number of rotatable bonds is 3. The zero-order valence-electron chi connectivity index (χ0n) is 11.8. The third-order valence-corrected chi connectivity index (χ3v) is 4.24. The highest BCUT2D eigenvalue weighted by Crippen LogP contribution is 2.44. The SMILES string of the molecule is CC1C(C(=O)O)=CC=CC1(C(=O)O)c1ccc2c(c1)OCO2. The third-order valence-electron chi connectivity index (χ3n) is 4.24. The Kier molecular flexibility index (Phi) is 3.16. The van der Waals surface area contributed by atoms with E-state index in [4.69, 9.17) is 9.47 Å². The van der Waals surface area contributed by atoms with Crippen molar-refractivity contribution >= 4 is 11.9 Å². The van der Waals surface area contributed by atoms with E-state index in [1.54, 1.807) is 25.1 Å². The van der Waals surface area contributed by atoms with Crippen LogP contribution in [0.1, 0.15) is 12.5 Å². The van der Waals surface area contributed by atoms with Crippen molar-refractivity contribution < 1.29 is 29.3 Å². The summed E-state index contributed by atoms with van der Waals surface area (Å²) < 4.78 is 10.5. The van der Waals surface area contributed by atoms with Gasteiger partial charge in [-0.1, -0.05) is 31.2 Å². The van der Waals surface area contributed by atoms with E-state index in [-0.39, 0.29) is 12.4 Å². The summed E-state index contributed by atoms with van der Waals surface area (Å²) in [6.45, 7) is 1.69. The summed E-state index contributed by atoms with van der Waals surface area (Å²) in [6, 6.07) is 4.87. The van der Waals surface area contributed by atoms with Crippen LogP contribution >= 0.6 is 0 Å². The highest BCUT2D eigenvalue weighted by atomic mass is 16.7. The summed E-state index contributed by atoms with van der Waals surface area (Å²) in [6.07, 6.45) is 4.42. The van der Waals surface area contributed by atoms with Crippen LogP contribution in [0.2, 0.25) is 0 Å². The summed E-state index contributed by atoms with van der Waals surface area (Å²) in [5.74, 6) is -1.95. The van der Waals surface area contributed by atoms with Gasteiger partial charge < -0.3 is 19.7 Å². The van der Waals surface area contributed by atoms with Gasteiger partial charge >= 0.3 is 11.9 Å². The number of hydrogen-bond donors (Lipinski definition) is 2. The molecule has 1 aromatic rings. The number of benzene rings is 1. The van der Waals surface area contributed by atoms with E-state index in [1.807, 2.05) is 0 Å². The van der Waals surface area contributed by atoms with Gasteiger partial charge in [0.2, 0.25) is 6.79 Å². The maximum absolute atomic E-state index is 12.0. The molecule has 22 heavy (non-hydrogen) atoms. The predicted molar refractivity (Wildman–Crippen MR) is 75.9 cm³/mol. The number of carboxylic acids is 2. The lowest BCUT2D eigenvalue weighted by atomic mass is 9.66. The van der Waals surface area contributed by atoms with E-state index in [0.717, 1.165) is 0 Å². The van der Waals surface area contributed by atoms with Crippen molar-refractivity contribution in [2.24, 2.45) is 5.92 Å². The predicted octanol–water partition coefficient (Wildman–Crippen LogP) is 1.95. The molecule has 0 fully saturated rings. The Bertz CT molecular complexity index is 717. The van der Waals surface area contributed by atoms with Crippen LogP contribution in [0, 0.1) is 5.92 Å². The van der Waals surface area contributed by atoms with Crippen molar-refractivity contribution in [3.63, 3.8) is 0 Å². The van der Waals surface area contributed by atoms with Crippen molar-refractivity contribution in [2.75, 3.05) is 6.79 Å². The monoisotopic (exact) mass is 302 g/mol. The average Bonchev–Trinajstić information content (AvgIpc) is 2.94. The highest BCUT2D eigenvalue weighted by Gasteiger charge is 2.47. The molecule has 0 spiro atoms. The Morgan fingerprint density at radius 3 is 2.64 bits per heavy atom. The molecule has 2 aliphatic rings. The van der Waals surface area contributed by atoms with Crippen molar-refractivity contribution in [3.05, 3.63) is 47.6 Å². The van der Waals surface area contributed by atoms with Gasteiger partial charge in [-0.05, 0) is 17.7 Å². The third kappa shape index (κ3) is 1.88. The lowest BCUT2D eigenvalue weighted by Crippen LogP contribution is -2.43. The second-order valence-electron chi connectivity index (χ2n) is 5.25. The quantitative estimate of drug-likeness (QED) is 0.886. The molecule has 1 aliphatic heterocycles. The fourth-order valence-corrected chi connectivity index (χ4v) is 2.97. The molecule has 2 unspecified atom stereocenters. The molecular formula is C16H14O6. The topological polar surface area (TPSA) is 93.1 Å². The van der Waals surface area contributed by atoms with Crippen LogP contribution in [0.3, 0.4) is 0 Å². The molecule has 1 heterocycles. The molecule has 0 saturated heterocycles. The van der Waals surface area contributed by atoms with E-state index in [2.05, 4.69) is 0 Å². The van der Waals surface area contributed by atoms with Gasteiger partial charge in [-0.25, -0.2) is 4.79 Å². The number of allylic oxidation sites excluding steroid dienone is 2. The number of aliphatic carboxylic acids is 2. The molecule has 0 amide bonds. The van der Waals surface area contributed by atoms with Crippen LogP contribution in [0.15, 0.2) is 42.0 Å². The Balaban J connectivity index is 2.15. The Hall–Kier alpha value is -2.76. The number of fused-ring (bicyclic) bond motifs is 1. The van der Waals surface area contributed by atoms with Gasteiger partial charge in [0, 0.05) is 11.5 Å². The first-order chi connectivity index (χ1) is 10.5. The van der Waals surface area contributed by atoms with Crippen LogP contribution in [-0.2, 0) is 15.0 Å². The molecule has 3 rings (SSSR count). The minimum Gasteiger partial charge on any atom is -0.480 e. The normalized spacial score (nSPS) is 25.7.